The Labute approximate surface area is 212 Å². The molecule has 1 rings (SSSR count). The molecular weight excluding hydrogens is 451 g/mol. The minimum absolute atomic E-state index is 0. The molecule has 178 valence electrons. The SMILES string of the molecule is CCCCCCCCCCCCCCCCC(=O)OC1CS(=O)(=O)CC1O[S-](=O)=O.[Na+]. The average Bonchev–Trinajstić information content (AvgIpc) is 2.94. The molecule has 0 amide bonds. The monoisotopic (exact) mass is 490 g/mol. The second-order valence-electron chi connectivity index (χ2n) is 8.29. The van der Waals surface area contributed by atoms with E-state index in [1.807, 2.05) is 0 Å². The number of hydrogen-bond donors (Lipinski definition) is 0. The van der Waals surface area contributed by atoms with Crippen molar-refractivity contribution in [2.45, 2.75) is 115 Å². The van der Waals surface area contributed by atoms with Gasteiger partial charge in [-0.15, -0.1) is 0 Å². The summed E-state index contributed by atoms with van der Waals surface area (Å²) < 4.78 is 54.3. The van der Waals surface area contributed by atoms with Crippen LogP contribution in [0.4, 0.5) is 0 Å². The van der Waals surface area contributed by atoms with Crippen molar-refractivity contribution >= 4 is 26.8 Å². The maximum Gasteiger partial charge on any atom is 1.00 e. The number of carbonyl (C=O) groups excluding carboxylic acids is 1. The molecule has 31 heavy (non-hydrogen) atoms. The Morgan fingerprint density at radius 2 is 1.19 bits per heavy atom. The van der Waals surface area contributed by atoms with Crippen LogP contribution in [-0.2, 0) is 43.0 Å². The van der Waals surface area contributed by atoms with Crippen LogP contribution in [-0.4, -0.2) is 38.1 Å². The van der Waals surface area contributed by atoms with E-state index >= 15 is 0 Å². The molecule has 1 aliphatic rings. The zero-order valence-corrected chi connectivity index (χ0v) is 23.0. The summed E-state index contributed by atoms with van der Waals surface area (Å²) in [4.78, 5) is 11.9. The van der Waals surface area contributed by atoms with Crippen LogP contribution in [0.2, 0.25) is 0 Å². The number of sulfone groups is 1. The van der Waals surface area contributed by atoms with Crippen molar-refractivity contribution < 1.29 is 60.1 Å². The van der Waals surface area contributed by atoms with Crippen LogP contribution >= 0.6 is 0 Å². The Bertz CT molecular complexity index is 642. The summed E-state index contributed by atoms with van der Waals surface area (Å²) in [6, 6.07) is 0. The first kappa shape index (κ1) is 31.3. The predicted molar refractivity (Wildman–Crippen MR) is 117 cm³/mol. The molecule has 0 aromatic rings. The largest absolute Gasteiger partial charge is 1.00 e. The van der Waals surface area contributed by atoms with Crippen LogP contribution in [0.1, 0.15) is 103 Å². The molecule has 0 saturated carbocycles. The zero-order valence-electron chi connectivity index (χ0n) is 19.3. The second-order valence-corrected chi connectivity index (χ2v) is 11.0. The fourth-order valence-electron chi connectivity index (χ4n) is 3.78. The number of unbranched alkanes of at least 4 members (excludes halogenated alkanes) is 13. The summed E-state index contributed by atoms with van der Waals surface area (Å²) in [5, 5.41) is 0. The van der Waals surface area contributed by atoms with Crippen molar-refractivity contribution in [3.63, 3.8) is 0 Å². The number of rotatable bonds is 18. The fourth-order valence-corrected chi connectivity index (χ4v) is 5.96. The third-order valence-electron chi connectivity index (χ3n) is 5.47. The Kier molecular flexibility index (Phi) is 18.9. The van der Waals surface area contributed by atoms with Crippen LogP contribution in [0.3, 0.4) is 0 Å². The molecule has 0 spiro atoms. The van der Waals surface area contributed by atoms with Gasteiger partial charge in [0.2, 0.25) is 0 Å². The van der Waals surface area contributed by atoms with E-state index < -0.39 is 44.8 Å². The topological polar surface area (TPSA) is 104 Å². The van der Waals surface area contributed by atoms with E-state index in [0.717, 1.165) is 19.3 Å². The molecule has 7 nitrogen and oxygen atoms in total. The van der Waals surface area contributed by atoms with Crippen molar-refractivity contribution in [3.8, 4) is 0 Å². The van der Waals surface area contributed by atoms with Crippen LogP contribution < -0.4 is 29.6 Å². The van der Waals surface area contributed by atoms with E-state index in [9.17, 15) is 21.6 Å². The van der Waals surface area contributed by atoms with Crippen molar-refractivity contribution in [1.29, 1.82) is 0 Å². The van der Waals surface area contributed by atoms with Gasteiger partial charge in [-0.05, 0) is 6.42 Å². The first-order chi connectivity index (χ1) is 14.3. The third-order valence-corrected chi connectivity index (χ3v) is 7.55. The number of ether oxygens (including phenoxy) is 1. The van der Waals surface area contributed by atoms with Crippen molar-refractivity contribution in [2.75, 3.05) is 11.5 Å². The zero-order chi connectivity index (χ0) is 22.2. The van der Waals surface area contributed by atoms with Gasteiger partial charge in [-0.25, -0.2) is 8.42 Å². The van der Waals surface area contributed by atoms with E-state index in [0.29, 0.717) is 6.42 Å². The third kappa shape index (κ3) is 16.6. The van der Waals surface area contributed by atoms with Crippen molar-refractivity contribution in [2.24, 2.45) is 0 Å². The van der Waals surface area contributed by atoms with Crippen LogP contribution in [0.15, 0.2) is 0 Å². The summed E-state index contributed by atoms with van der Waals surface area (Å²) in [5.74, 6) is -1.33. The standard InChI is InChI=1S/C21H39O7S2.Na/c1-2-3-4-5-6-7-8-9-10-11-12-13-14-15-16-21(22)27-19-17-30(25,26)18-20(19)28-29(23)24;/h19-20H,2-18H2,1H3;/q-1;+1. The number of hydrogen-bond acceptors (Lipinski definition) is 8. The van der Waals surface area contributed by atoms with Gasteiger partial charge >= 0.3 is 35.5 Å². The molecule has 0 aromatic heterocycles. The minimum atomic E-state index is -3.46. The summed E-state index contributed by atoms with van der Waals surface area (Å²) in [5.41, 5.74) is 0. The normalized spacial score (nSPS) is 19.9. The molecule has 0 aromatic carbocycles. The van der Waals surface area contributed by atoms with Gasteiger partial charge in [-0.2, -0.15) is 0 Å². The molecule has 1 fully saturated rings. The maximum absolute atomic E-state index is 11.9. The number of carbonyl (C=O) groups is 1. The molecule has 2 unspecified atom stereocenters. The van der Waals surface area contributed by atoms with Crippen molar-refractivity contribution in [3.05, 3.63) is 0 Å². The van der Waals surface area contributed by atoms with E-state index in [-0.39, 0.29) is 41.7 Å². The average molecular weight is 491 g/mol. The summed E-state index contributed by atoms with van der Waals surface area (Å²) in [7, 11) is -6.31. The summed E-state index contributed by atoms with van der Waals surface area (Å²) in [6.07, 6.45) is 15.1. The van der Waals surface area contributed by atoms with Crippen molar-refractivity contribution in [1.82, 2.24) is 0 Å². The molecule has 2 atom stereocenters. The first-order valence-corrected chi connectivity index (χ1v) is 14.3. The molecule has 1 saturated heterocycles. The molecule has 0 aliphatic carbocycles. The number of esters is 1. The van der Waals surface area contributed by atoms with Gasteiger partial charge < -0.3 is 17.3 Å². The van der Waals surface area contributed by atoms with Gasteiger partial charge in [0, 0.05) is 6.42 Å². The van der Waals surface area contributed by atoms with Gasteiger partial charge in [-0.1, -0.05) is 90.4 Å². The first-order valence-electron chi connectivity index (χ1n) is 11.5. The molecule has 0 bridgehead atoms. The van der Waals surface area contributed by atoms with E-state index in [4.69, 9.17) is 4.74 Å². The molecule has 1 heterocycles. The molecule has 10 heteroatoms. The molecule has 0 radical (unpaired) electrons. The predicted octanol–water partition coefficient (Wildman–Crippen LogP) is 1.81. The van der Waals surface area contributed by atoms with Gasteiger partial charge in [0.1, 0.15) is 6.10 Å². The van der Waals surface area contributed by atoms with Crippen LogP contribution in [0.5, 0.6) is 0 Å². The molecule has 0 N–H and O–H groups in total. The Morgan fingerprint density at radius 1 is 0.774 bits per heavy atom. The van der Waals surface area contributed by atoms with E-state index in [1.54, 1.807) is 0 Å². The molecule has 1 aliphatic heterocycles. The quantitative estimate of drug-likeness (QED) is 0.125. The Hall–Kier alpha value is 0.330. The van der Waals surface area contributed by atoms with Gasteiger partial charge in [0.05, 0.1) is 28.6 Å². The van der Waals surface area contributed by atoms with Crippen LogP contribution in [0.25, 0.3) is 0 Å². The van der Waals surface area contributed by atoms with E-state index in [1.165, 1.54) is 64.2 Å². The smallest absolute Gasteiger partial charge is 0.459 e. The summed E-state index contributed by atoms with van der Waals surface area (Å²) >= 11 is 0. The Morgan fingerprint density at radius 3 is 1.65 bits per heavy atom. The van der Waals surface area contributed by atoms with Gasteiger partial charge in [0.25, 0.3) is 0 Å². The Balaban J connectivity index is 0.00000900. The second kappa shape index (κ2) is 18.7. The van der Waals surface area contributed by atoms with E-state index in [2.05, 4.69) is 11.1 Å². The minimum Gasteiger partial charge on any atom is -0.459 e. The fraction of sp³-hybridized carbons (Fsp3) is 0.952. The van der Waals surface area contributed by atoms with Crippen LogP contribution in [0, 0.1) is 0 Å². The molecular formula is C21H39NaO7S2. The summed E-state index contributed by atoms with van der Waals surface area (Å²) in [6.45, 7) is 2.24. The van der Waals surface area contributed by atoms with Gasteiger partial charge in [0.15, 0.2) is 9.84 Å². The van der Waals surface area contributed by atoms with Gasteiger partial charge in [-0.3, -0.25) is 4.79 Å². The maximum atomic E-state index is 11.9.